The number of carboxylic acids is 1. The molecule has 1 amide bonds. The Hall–Kier alpha value is -1.69. The molecule has 22 heavy (non-hydrogen) atoms. The number of hydrogen-bond donors (Lipinski definition) is 1. The normalized spacial score (nSPS) is 19.5. The summed E-state index contributed by atoms with van der Waals surface area (Å²) in [7, 11) is 0. The second kappa shape index (κ2) is 8.08. The molecule has 1 aromatic rings. The molecule has 2 atom stereocenters. The number of piperidine rings is 1. The van der Waals surface area contributed by atoms with E-state index in [9.17, 15) is 14.7 Å². The van der Waals surface area contributed by atoms with Crippen molar-refractivity contribution in [3.63, 3.8) is 0 Å². The quantitative estimate of drug-likeness (QED) is 0.902. The molecule has 1 saturated heterocycles. The van der Waals surface area contributed by atoms with Crippen LogP contribution in [0.25, 0.3) is 0 Å². The van der Waals surface area contributed by atoms with Gasteiger partial charge in [0.2, 0.25) is 0 Å². The van der Waals surface area contributed by atoms with Crippen LogP contribution in [0.1, 0.15) is 24.8 Å². The number of likely N-dealkylation sites (tertiary alicyclic amines) is 1. The fourth-order valence-electron chi connectivity index (χ4n) is 2.72. The lowest BCUT2D eigenvalue weighted by Gasteiger charge is -2.37. The number of benzene rings is 1. The van der Waals surface area contributed by atoms with E-state index < -0.39 is 17.3 Å². The first-order chi connectivity index (χ1) is 10.6. The zero-order valence-electron chi connectivity index (χ0n) is 12.6. The van der Waals surface area contributed by atoms with Crippen molar-refractivity contribution >= 4 is 23.8 Å². The molecule has 2 unspecified atom stereocenters. The third kappa shape index (κ3) is 4.16. The summed E-state index contributed by atoms with van der Waals surface area (Å²) in [5.41, 5.74) is 0.920. The van der Waals surface area contributed by atoms with Gasteiger partial charge in [0.25, 0.3) is 0 Å². The minimum absolute atomic E-state index is 0.208. The van der Waals surface area contributed by atoms with Gasteiger partial charge in [0.1, 0.15) is 11.9 Å². The van der Waals surface area contributed by atoms with Gasteiger partial charge in [-0.15, -0.1) is 11.8 Å². The van der Waals surface area contributed by atoms with Gasteiger partial charge in [0.05, 0.1) is 6.04 Å². The van der Waals surface area contributed by atoms with E-state index in [0.29, 0.717) is 13.0 Å². The number of thioether (sulfide) groups is 1. The Bertz CT molecular complexity index is 508. The van der Waals surface area contributed by atoms with Crippen LogP contribution in [0.4, 0.5) is 4.79 Å². The highest BCUT2D eigenvalue weighted by atomic mass is 32.2. The van der Waals surface area contributed by atoms with Gasteiger partial charge in [0, 0.05) is 6.54 Å². The van der Waals surface area contributed by atoms with Crippen molar-refractivity contribution in [3.05, 3.63) is 35.9 Å². The SMILES string of the molecule is CSC(C(=O)O)C1CCCCN1C(=O)OCc1ccccc1. The number of ether oxygens (including phenoxy) is 1. The lowest BCUT2D eigenvalue weighted by molar-refractivity contribution is -0.137. The summed E-state index contributed by atoms with van der Waals surface area (Å²) in [5, 5.41) is 8.73. The van der Waals surface area contributed by atoms with Crippen LogP contribution in [0.2, 0.25) is 0 Å². The van der Waals surface area contributed by atoms with Gasteiger partial charge < -0.3 is 14.7 Å². The lowest BCUT2D eigenvalue weighted by Crippen LogP contribution is -2.51. The highest BCUT2D eigenvalue weighted by Crippen LogP contribution is 2.27. The monoisotopic (exact) mass is 323 g/mol. The summed E-state index contributed by atoms with van der Waals surface area (Å²) in [6, 6.07) is 9.17. The molecule has 5 nitrogen and oxygen atoms in total. The van der Waals surface area contributed by atoms with Gasteiger partial charge >= 0.3 is 12.1 Å². The lowest BCUT2D eigenvalue weighted by atomic mass is 9.99. The van der Waals surface area contributed by atoms with Crippen molar-refractivity contribution < 1.29 is 19.4 Å². The van der Waals surface area contributed by atoms with Gasteiger partial charge in [-0.2, -0.15) is 0 Å². The van der Waals surface area contributed by atoms with E-state index in [4.69, 9.17) is 4.74 Å². The average Bonchev–Trinajstić information content (AvgIpc) is 2.54. The molecule has 1 fully saturated rings. The van der Waals surface area contributed by atoms with Gasteiger partial charge in [-0.25, -0.2) is 4.79 Å². The number of nitrogens with zero attached hydrogens (tertiary/aromatic N) is 1. The molecule has 0 saturated carbocycles. The number of aliphatic carboxylic acids is 1. The van der Waals surface area contributed by atoms with E-state index in [1.54, 1.807) is 11.2 Å². The maximum absolute atomic E-state index is 12.3. The zero-order chi connectivity index (χ0) is 15.9. The fraction of sp³-hybridized carbons (Fsp3) is 0.500. The fourth-order valence-corrected chi connectivity index (χ4v) is 3.52. The molecule has 1 aliphatic rings. The third-order valence-electron chi connectivity index (χ3n) is 3.84. The Morgan fingerprint density at radius 2 is 2.09 bits per heavy atom. The molecule has 6 heteroatoms. The number of carboxylic acid groups (broad SMARTS) is 1. The minimum Gasteiger partial charge on any atom is -0.480 e. The number of rotatable bonds is 5. The van der Waals surface area contributed by atoms with E-state index in [0.717, 1.165) is 18.4 Å². The molecule has 0 aliphatic carbocycles. The molecule has 1 N–H and O–H groups in total. The third-order valence-corrected chi connectivity index (χ3v) is 4.86. The molecular formula is C16H21NO4S. The summed E-state index contributed by atoms with van der Waals surface area (Å²) in [6.07, 6.45) is 3.88. The topological polar surface area (TPSA) is 66.8 Å². The van der Waals surface area contributed by atoms with E-state index in [1.165, 1.54) is 11.8 Å². The first-order valence-corrected chi connectivity index (χ1v) is 8.65. The molecule has 120 valence electrons. The predicted molar refractivity (Wildman–Crippen MR) is 85.9 cm³/mol. The molecule has 0 bridgehead atoms. The summed E-state index contributed by atoms with van der Waals surface area (Å²) in [6.45, 7) is 0.766. The summed E-state index contributed by atoms with van der Waals surface area (Å²) >= 11 is 1.27. The molecule has 2 rings (SSSR count). The van der Waals surface area contributed by atoms with Crippen LogP contribution in [0.15, 0.2) is 30.3 Å². The van der Waals surface area contributed by atoms with Gasteiger partial charge in [-0.05, 0) is 31.1 Å². The van der Waals surface area contributed by atoms with Crippen LogP contribution in [0, 0.1) is 0 Å². The van der Waals surface area contributed by atoms with Crippen molar-refractivity contribution in [1.82, 2.24) is 4.90 Å². The molecule has 0 aromatic heterocycles. The van der Waals surface area contributed by atoms with Crippen LogP contribution in [0.3, 0.4) is 0 Å². The van der Waals surface area contributed by atoms with Gasteiger partial charge in [-0.3, -0.25) is 4.79 Å². The van der Waals surface area contributed by atoms with Gasteiger partial charge in [0.15, 0.2) is 0 Å². The second-order valence-corrected chi connectivity index (χ2v) is 6.27. The Morgan fingerprint density at radius 1 is 1.36 bits per heavy atom. The van der Waals surface area contributed by atoms with Crippen molar-refractivity contribution in [2.24, 2.45) is 0 Å². The average molecular weight is 323 g/mol. The molecular weight excluding hydrogens is 302 g/mol. The molecule has 1 aromatic carbocycles. The maximum Gasteiger partial charge on any atom is 0.410 e. The number of hydrogen-bond acceptors (Lipinski definition) is 4. The van der Waals surface area contributed by atoms with Crippen LogP contribution >= 0.6 is 11.8 Å². The maximum atomic E-state index is 12.3. The molecule has 1 heterocycles. The molecule has 0 spiro atoms. The van der Waals surface area contributed by atoms with Crippen molar-refractivity contribution in [1.29, 1.82) is 0 Å². The minimum atomic E-state index is -0.875. The van der Waals surface area contributed by atoms with E-state index >= 15 is 0 Å². The number of carbonyl (C=O) groups excluding carboxylic acids is 1. The highest BCUT2D eigenvalue weighted by Gasteiger charge is 2.37. The number of amides is 1. The van der Waals surface area contributed by atoms with Crippen molar-refractivity contribution in [2.75, 3.05) is 12.8 Å². The van der Waals surface area contributed by atoms with E-state index in [-0.39, 0.29) is 12.6 Å². The first kappa shape index (κ1) is 16.7. The zero-order valence-corrected chi connectivity index (χ0v) is 13.4. The van der Waals surface area contributed by atoms with Gasteiger partial charge in [-0.1, -0.05) is 30.3 Å². The van der Waals surface area contributed by atoms with Crippen LogP contribution in [-0.4, -0.2) is 46.2 Å². The van der Waals surface area contributed by atoms with E-state index in [1.807, 2.05) is 30.3 Å². The standard InChI is InChI=1S/C16H21NO4S/c1-22-14(15(18)19)13-9-5-6-10-17(13)16(20)21-11-12-7-3-2-4-8-12/h2-4,7-8,13-14H,5-6,9-11H2,1H3,(H,18,19). The van der Waals surface area contributed by atoms with Crippen LogP contribution < -0.4 is 0 Å². The summed E-state index contributed by atoms with van der Waals surface area (Å²) < 4.78 is 5.36. The van der Waals surface area contributed by atoms with E-state index in [2.05, 4.69) is 0 Å². The summed E-state index contributed by atoms with van der Waals surface area (Å²) in [5.74, 6) is -0.875. The largest absolute Gasteiger partial charge is 0.480 e. The Kier molecular flexibility index (Phi) is 6.12. The smallest absolute Gasteiger partial charge is 0.410 e. The highest BCUT2D eigenvalue weighted by molar-refractivity contribution is 8.00. The van der Waals surface area contributed by atoms with Crippen LogP contribution in [0.5, 0.6) is 0 Å². The Balaban J connectivity index is 2.00. The van der Waals surface area contributed by atoms with Crippen molar-refractivity contribution in [3.8, 4) is 0 Å². The Morgan fingerprint density at radius 3 is 2.73 bits per heavy atom. The molecule has 0 radical (unpaired) electrons. The predicted octanol–water partition coefficient (Wildman–Crippen LogP) is 2.99. The molecule has 1 aliphatic heterocycles. The van der Waals surface area contributed by atoms with Crippen LogP contribution in [-0.2, 0) is 16.1 Å². The second-order valence-electron chi connectivity index (χ2n) is 5.29. The number of carbonyl (C=O) groups is 2. The first-order valence-electron chi connectivity index (χ1n) is 7.36. The Labute approximate surface area is 134 Å². The summed E-state index contributed by atoms with van der Waals surface area (Å²) in [4.78, 5) is 25.3. The van der Waals surface area contributed by atoms with Crippen molar-refractivity contribution in [2.45, 2.75) is 37.2 Å².